The Morgan fingerprint density at radius 2 is 1.44 bits per heavy atom. The zero-order valence-electron chi connectivity index (χ0n) is 9.05. The van der Waals surface area contributed by atoms with Gasteiger partial charge in [-0.1, -0.05) is 0 Å². The maximum atomic E-state index is 10.5. The average molecular weight is 390 g/mol. The monoisotopic (exact) mass is 391 g/mol. The summed E-state index contributed by atoms with van der Waals surface area (Å²) in [6, 6.07) is 0. The molecule has 97 valence electrons. The molecule has 0 amide bonds. The summed E-state index contributed by atoms with van der Waals surface area (Å²) >= 11 is 0. The van der Waals surface area contributed by atoms with Gasteiger partial charge in [0.15, 0.2) is 0 Å². The Hall–Kier alpha value is 1.37. The number of β-amino-alcohol motifs (C(OH)–C–C–N with tert-alkyl or cyclic N) is 1. The van der Waals surface area contributed by atoms with Crippen molar-refractivity contribution in [1.82, 2.24) is 9.80 Å². The first kappa shape index (κ1) is 17.4. The van der Waals surface area contributed by atoms with Gasteiger partial charge < -0.3 is 5.11 Å². The predicted molar refractivity (Wildman–Crippen MR) is 56.4 cm³/mol. The van der Waals surface area contributed by atoms with Crippen LogP contribution in [0.2, 0.25) is 0 Å². The summed E-state index contributed by atoms with van der Waals surface area (Å²) in [7, 11) is -3.84. The van der Waals surface area contributed by atoms with Crippen molar-refractivity contribution in [1.29, 1.82) is 0 Å². The minimum atomic E-state index is -3.84. The number of rotatable bonds is 5. The van der Waals surface area contributed by atoms with Crippen LogP contribution in [0.1, 0.15) is 0 Å². The molecule has 2 N–H and O–H groups in total. The molecule has 0 aliphatic carbocycles. The van der Waals surface area contributed by atoms with Gasteiger partial charge in [0.1, 0.15) is 0 Å². The Labute approximate surface area is 137 Å². The molecule has 0 bridgehead atoms. The van der Waals surface area contributed by atoms with Crippen LogP contribution in [0.5, 0.6) is 0 Å². The van der Waals surface area contributed by atoms with Crippen molar-refractivity contribution in [2.45, 2.75) is 0 Å². The van der Waals surface area contributed by atoms with Crippen LogP contribution in [0.25, 0.3) is 0 Å². The van der Waals surface area contributed by atoms with Gasteiger partial charge >= 0.3 is 0 Å². The van der Waals surface area contributed by atoms with Crippen molar-refractivity contribution >= 4 is 10.1 Å². The second kappa shape index (κ2) is 8.47. The van der Waals surface area contributed by atoms with E-state index in [9.17, 15) is 8.42 Å². The van der Waals surface area contributed by atoms with E-state index >= 15 is 0 Å². The molecule has 1 rings (SSSR count). The van der Waals surface area contributed by atoms with E-state index in [0.29, 0.717) is 13.1 Å². The zero-order chi connectivity index (χ0) is 11.3. The molecule has 1 heterocycles. The van der Waals surface area contributed by atoms with Crippen LogP contribution in [-0.4, -0.2) is 79.5 Å². The largest absolute Gasteiger partial charge is 0.395 e. The molecule has 0 aromatic carbocycles. The van der Waals surface area contributed by atoms with Crippen LogP contribution >= 0.6 is 0 Å². The van der Waals surface area contributed by atoms with Crippen LogP contribution in [0.15, 0.2) is 0 Å². The van der Waals surface area contributed by atoms with Crippen molar-refractivity contribution in [3.8, 4) is 0 Å². The van der Waals surface area contributed by atoms with Crippen LogP contribution in [-0.2, 0) is 10.1 Å². The van der Waals surface area contributed by atoms with Crippen LogP contribution in [0.3, 0.4) is 0 Å². The molecule has 1 fully saturated rings. The van der Waals surface area contributed by atoms with E-state index in [0.717, 1.165) is 26.2 Å². The zero-order valence-corrected chi connectivity index (χ0v) is 12.3. The molecular formula is C8H18EuN2O4S. The third kappa shape index (κ3) is 7.65. The summed E-state index contributed by atoms with van der Waals surface area (Å²) in [6.07, 6.45) is 0. The number of aliphatic hydroxyl groups excluding tert-OH is 1. The van der Waals surface area contributed by atoms with Crippen LogP contribution < -0.4 is 0 Å². The molecule has 1 aliphatic rings. The smallest absolute Gasteiger partial charge is 0.266 e. The van der Waals surface area contributed by atoms with Gasteiger partial charge in [0.25, 0.3) is 10.1 Å². The Morgan fingerprint density at radius 3 is 1.81 bits per heavy atom. The third-order valence-electron chi connectivity index (χ3n) is 2.55. The first-order chi connectivity index (χ1) is 7.01. The molecular weight excluding hydrogens is 372 g/mol. The second-order valence-electron chi connectivity index (χ2n) is 3.69. The Bertz CT molecular complexity index is 278. The van der Waals surface area contributed by atoms with E-state index in [1.54, 1.807) is 0 Å². The molecule has 8 heteroatoms. The summed E-state index contributed by atoms with van der Waals surface area (Å²) < 4.78 is 29.6. The summed E-state index contributed by atoms with van der Waals surface area (Å²) in [5, 5.41) is 8.73. The van der Waals surface area contributed by atoms with Crippen LogP contribution in [0.4, 0.5) is 0 Å². The van der Waals surface area contributed by atoms with Gasteiger partial charge in [0, 0.05) is 88.6 Å². The number of hydrogen-bond donors (Lipinski definition) is 2. The first-order valence-corrected chi connectivity index (χ1v) is 6.63. The molecule has 16 heavy (non-hydrogen) atoms. The van der Waals surface area contributed by atoms with E-state index < -0.39 is 10.1 Å². The van der Waals surface area contributed by atoms with E-state index in [-0.39, 0.29) is 61.7 Å². The molecule has 0 aromatic rings. The van der Waals surface area contributed by atoms with Gasteiger partial charge in [0.2, 0.25) is 0 Å². The van der Waals surface area contributed by atoms with Crippen molar-refractivity contribution < 1.29 is 67.5 Å². The van der Waals surface area contributed by atoms with E-state index in [1.165, 1.54) is 0 Å². The molecule has 1 saturated heterocycles. The normalized spacial score (nSPS) is 19.4. The van der Waals surface area contributed by atoms with Crippen LogP contribution in [0, 0.1) is 49.4 Å². The fraction of sp³-hybridized carbons (Fsp3) is 1.00. The van der Waals surface area contributed by atoms with E-state index in [2.05, 4.69) is 4.90 Å². The standard InChI is InChI=1S/C8H18N2O4S.Eu/c11-7-5-9-1-3-10(4-2-9)6-8-15(12,13)14;/h11H,1-8H2,(H,12,13,14);. The number of piperazine rings is 1. The van der Waals surface area contributed by atoms with E-state index in [1.807, 2.05) is 4.90 Å². The van der Waals surface area contributed by atoms with E-state index in [4.69, 9.17) is 9.66 Å². The summed E-state index contributed by atoms with van der Waals surface area (Å²) in [5.41, 5.74) is 0. The predicted octanol–water partition coefficient (Wildman–Crippen LogP) is -1.52. The first-order valence-electron chi connectivity index (χ1n) is 5.02. The Balaban J connectivity index is 0.00000225. The third-order valence-corrected chi connectivity index (χ3v) is 3.25. The Morgan fingerprint density at radius 1 is 1.00 bits per heavy atom. The van der Waals surface area contributed by atoms with Gasteiger partial charge in [-0.15, -0.1) is 0 Å². The molecule has 1 aliphatic heterocycles. The van der Waals surface area contributed by atoms with Crippen molar-refractivity contribution in [3.63, 3.8) is 0 Å². The minimum absolute atomic E-state index is 0. The SMILES string of the molecule is O=S(=O)(O)CCN1CCN(CCO)CC1.[Eu]. The molecule has 0 spiro atoms. The summed E-state index contributed by atoms with van der Waals surface area (Å²) in [4.78, 5) is 4.13. The second-order valence-corrected chi connectivity index (χ2v) is 5.27. The molecule has 0 unspecified atom stereocenters. The quantitative estimate of drug-likeness (QED) is 0.556. The number of hydrogen-bond acceptors (Lipinski definition) is 5. The van der Waals surface area contributed by atoms with Gasteiger partial charge in [-0.3, -0.25) is 14.4 Å². The number of aliphatic hydroxyl groups is 1. The van der Waals surface area contributed by atoms with Crippen molar-refractivity contribution in [3.05, 3.63) is 0 Å². The molecule has 0 aromatic heterocycles. The maximum Gasteiger partial charge on any atom is 0.266 e. The fourth-order valence-corrected chi connectivity index (χ4v) is 2.11. The van der Waals surface area contributed by atoms with Crippen molar-refractivity contribution in [2.24, 2.45) is 0 Å². The number of nitrogens with zero attached hydrogens (tertiary/aromatic N) is 2. The summed E-state index contributed by atoms with van der Waals surface area (Å²) in [6.45, 7) is 4.46. The Kier molecular flexibility index (Phi) is 9.20. The summed E-state index contributed by atoms with van der Waals surface area (Å²) in [5.74, 6) is -0.201. The van der Waals surface area contributed by atoms with Gasteiger partial charge in [0.05, 0.1) is 12.4 Å². The van der Waals surface area contributed by atoms with Gasteiger partial charge in [-0.25, -0.2) is 0 Å². The average Bonchev–Trinajstić information content (AvgIpc) is 2.16. The molecule has 0 saturated carbocycles. The van der Waals surface area contributed by atoms with Crippen molar-refractivity contribution in [2.75, 3.05) is 51.6 Å². The maximum absolute atomic E-state index is 10.5. The molecule has 0 atom stereocenters. The fourth-order valence-electron chi connectivity index (χ4n) is 1.62. The van der Waals surface area contributed by atoms with Gasteiger partial charge in [-0.05, 0) is 0 Å². The minimum Gasteiger partial charge on any atom is -0.395 e. The van der Waals surface area contributed by atoms with Gasteiger partial charge in [-0.2, -0.15) is 8.42 Å². The molecule has 1 radical (unpaired) electrons. The topological polar surface area (TPSA) is 81.1 Å². The molecule has 6 nitrogen and oxygen atoms in total.